The number of hydrogen-bond donors (Lipinski definition) is 3. The second kappa shape index (κ2) is 6.61. The first-order chi connectivity index (χ1) is 9.65. The number of aromatic hydroxyl groups is 1. The van der Waals surface area contributed by atoms with Crippen molar-refractivity contribution in [2.45, 2.75) is 19.4 Å². The van der Waals surface area contributed by atoms with Crippen LogP contribution in [0.15, 0.2) is 48.5 Å². The number of phenolic OH excluding ortho intramolecular Hbond substituents is 1. The summed E-state index contributed by atoms with van der Waals surface area (Å²) in [4.78, 5) is 10.6. The number of aryl methyl sites for hydroxylation is 1. The third-order valence-electron chi connectivity index (χ3n) is 3.03. The van der Waals surface area contributed by atoms with Crippen LogP contribution in [0.2, 0.25) is 0 Å². The summed E-state index contributed by atoms with van der Waals surface area (Å²) >= 11 is 0. The van der Waals surface area contributed by atoms with Crippen molar-refractivity contribution in [1.82, 2.24) is 0 Å². The lowest BCUT2D eigenvalue weighted by molar-refractivity contribution is -0.136. The fraction of sp³-hybridized carbons (Fsp3) is 0.188. The molecule has 3 N–H and O–H groups in total. The van der Waals surface area contributed by atoms with E-state index in [-0.39, 0.29) is 12.2 Å². The molecule has 0 aromatic heterocycles. The molecule has 0 atom stereocenters. The van der Waals surface area contributed by atoms with E-state index in [2.05, 4.69) is 5.32 Å². The Morgan fingerprint density at radius 2 is 1.90 bits per heavy atom. The molecular formula is C16H17NO3. The number of nitrogens with one attached hydrogen (secondary N) is 1. The number of phenols is 1. The molecule has 0 fully saturated rings. The fourth-order valence-electron chi connectivity index (χ4n) is 1.95. The van der Waals surface area contributed by atoms with Crippen molar-refractivity contribution in [1.29, 1.82) is 0 Å². The van der Waals surface area contributed by atoms with Crippen molar-refractivity contribution >= 4 is 11.7 Å². The fourth-order valence-corrected chi connectivity index (χ4v) is 1.95. The number of carbonyl (C=O) groups is 1. The van der Waals surface area contributed by atoms with Crippen LogP contribution >= 0.6 is 0 Å². The molecule has 4 heteroatoms. The van der Waals surface area contributed by atoms with Gasteiger partial charge in [0.2, 0.25) is 0 Å². The number of para-hydroxylation sites is 1. The molecule has 0 unspecified atom stereocenters. The van der Waals surface area contributed by atoms with E-state index in [9.17, 15) is 9.90 Å². The van der Waals surface area contributed by atoms with E-state index < -0.39 is 5.97 Å². The van der Waals surface area contributed by atoms with Gasteiger partial charge in [0.15, 0.2) is 0 Å². The molecule has 0 bridgehead atoms. The standard InChI is InChI=1S/C16H17NO3/c18-15-7-2-1-5-13(15)11-17-14-6-3-4-12(10-14)8-9-16(19)20/h1-7,10,17-18H,8-9,11H2,(H,19,20). The number of benzene rings is 2. The summed E-state index contributed by atoms with van der Waals surface area (Å²) in [6.07, 6.45) is 0.643. The minimum Gasteiger partial charge on any atom is -0.508 e. The summed E-state index contributed by atoms with van der Waals surface area (Å²) in [6, 6.07) is 14.8. The smallest absolute Gasteiger partial charge is 0.303 e. The van der Waals surface area contributed by atoms with Crippen molar-refractivity contribution in [3.63, 3.8) is 0 Å². The van der Waals surface area contributed by atoms with Crippen LogP contribution in [0.1, 0.15) is 17.5 Å². The summed E-state index contributed by atoms with van der Waals surface area (Å²) in [7, 11) is 0. The van der Waals surface area contributed by atoms with Crippen molar-refractivity contribution < 1.29 is 15.0 Å². The van der Waals surface area contributed by atoms with Gasteiger partial charge in [-0.2, -0.15) is 0 Å². The summed E-state index contributed by atoms with van der Waals surface area (Å²) in [5, 5.41) is 21.6. The van der Waals surface area contributed by atoms with Crippen LogP contribution in [0, 0.1) is 0 Å². The predicted octanol–water partition coefficient (Wildman–Crippen LogP) is 3.02. The van der Waals surface area contributed by atoms with Gasteiger partial charge in [-0.25, -0.2) is 0 Å². The Bertz CT molecular complexity index is 596. The average molecular weight is 271 g/mol. The molecule has 0 aliphatic rings. The highest BCUT2D eigenvalue weighted by Crippen LogP contribution is 2.18. The van der Waals surface area contributed by atoms with E-state index in [0.29, 0.717) is 13.0 Å². The van der Waals surface area contributed by atoms with Crippen molar-refractivity contribution in [3.05, 3.63) is 59.7 Å². The number of carboxylic acid groups (broad SMARTS) is 1. The first-order valence-corrected chi connectivity index (χ1v) is 6.46. The zero-order valence-electron chi connectivity index (χ0n) is 11.0. The largest absolute Gasteiger partial charge is 0.508 e. The monoisotopic (exact) mass is 271 g/mol. The molecular weight excluding hydrogens is 254 g/mol. The lowest BCUT2D eigenvalue weighted by atomic mass is 10.1. The lowest BCUT2D eigenvalue weighted by Gasteiger charge is -2.09. The molecule has 104 valence electrons. The Balaban J connectivity index is 1.98. The zero-order valence-corrected chi connectivity index (χ0v) is 11.0. The van der Waals surface area contributed by atoms with Gasteiger partial charge in [-0.3, -0.25) is 4.79 Å². The maximum absolute atomic E-state index is 10.6. The highest BCUT2D eigenvalue weighted by Gasteiger charge is 2.02. The van der Waals surface area contributed by atoms with Gasteiger partial charge >= 0.3 is 5.97 Å². The van der Waals surface area contributed by atoms with Crippen molar-refractivity contribution in [2.75, 3.05) is 5.32 Å². The van der Waals surface area contributed by atoms with Crippen LogP contribution in [0.25, 0.3) is 0 Å². The van der Waals surface area contributed by atoms with E-state index in [1.165, 1.54) is 0 Å². The van der Waals surface area contributed by atoms with E-state index in [4.69, 9.17) is 5.11 Å². The molecule has 0 saturated carbocycles. The molecule has 2 aromatic rings. The highest BCUT2D eigenvalue weighted by atomic mass is 16.4. The molecule has 0 aliphatic carbocycles. The summed E-state index contributed by atoms with van der Waals surface area (Å²) in [6.45, 7) is 0.523. The topological polar surface area (TPSA) is 69.6 Å². The molecule has 2 aromatic carbocycles. The van der Waals surface area contributed by atoms with Crippen LogP contribution in [-0.4, -0.2) is 16.2 Å². The molecule has 0 amide bonds. The molecule has 0 saturated heterocycles. The van der Waals surface area contributed by atoms with E-state index in [1.807, 2.05) is 36.4 Å². The second-order valence-corrected chi connectivity index (χ2v) is 4.58. The van der Waals surface area contributed by atoms with Crippen LogP contribution < -0.4 is 5.32 Å². The number of aliphatic carboxylic acids is 1. The Hall–Kier alpha value is -2.49. The molecule has 0 aliphatic heterocycles. The molecule has 2 rings (SSSR count). The quantitative estimate of drug-likeness (QED) is 0.755. The van der Waals surface area contributed by atoms with E-state index in [1.54, 1.807) is 12.1 Å². The summed E-state index contributed by atoms with van der Waals surface area (Å²) < 4.78 is 0. The molecule has 0 radical (unpaired) electrons. The number of carboxylic acids is 1. The van der Waals surface area contributed by atoms with Gasteiger partial charge in [0.1, 0.15) is 5.75 Å². The van der Waals surface area contributed by atoms with Crippen LogP contribution in [0.3, 0.4) is 0 Å². The second-order valence-electron chi connectivity index (χ2n) is 4.58. The van der Waals surface area contributed by atoms with Crippen molar-refractivity contribution in [3.8, 4) is 5.75 Å². The Kier molecular flexibility index (Phi) is 4.60. The van der Waals surface area contributed by atoms with Gasteiger partial charge in [0.25, 0.3) is 0 Å². The minimum absolute atomic E-state index is 0.128. The lowest BCUT2D eigenvalue weighted by Crippen LogP contribution is -2.01. The van der Waals surface area contributed by atoms with Gasteiger partial charge in [-0.15, -0.1) is 0 Å². The Morgan fingerprint density at radius 1 is 1.10 bits per heavy atom. The normalized spacial score (nSPS) is 10.2. The maximum Gasteiger partial charge on any atom is 0.303 e. The first kappa shape index (κ1) is 13.9. The third-order valence-corrected chi connectivity index (χ3v) is 3.03. The van der Waals surface area contributed by atoms with Crippen LogP contribution in [-0.2, 0) is 17.8 Å². The predicted molar refractivity (Wildman–Crippen MR) is 77.8 cm³/mol. The highest BCUT2D eigenvalue weighted by molar-refractivity contribution is 5.67. The van der Waals surface area contributed by atoms with Gasteiger partial charge in [-0.05, 0) is 30.2 Å². The zero-order chi connectivity index (χ0) is 14.4. The van der Waals surface area contributed by atoms with Gasteiger partial charge in [0, 0.05) is 24.2 Å². The van der Waals surface area contributed by atoms with E-state index >= 15 is 0 Å². The Morgan fingerprint density at radius 3 is 2.65 bits per heavy atom. The van der Waals surface area contributed by atoms with Crippen molar-refractivity contribution in [2.24, 2.45) is 0 Å². The molecule has 0 spiro atoms. The van der Waals surface area contributed by atoms with Gasteiger partial charge in [0.05, 0.1) is 0 Å². The summed E-state index contributed by atoms with van der Waals surface area (Å²) in [5.74, 6) is -0.528. The first-order valence-electron chi connectivity index (χ1n) is 6.46. The van der Waals surface area contributed by atoms with Gasteiger partial charge < -0.3 is 15.5 Å². The summed E-state index contributed by atoms with van der Waals surface area (Å²) in [5.41, 5.74) is 2.72. The van der Waals surface area contributed by atoms with Crippen LogP contribution in [0.4, 0.5) is 5.69 Å². The molecule has 20 heavy (non-hydrogen) atoms. The number of rotatable bonds is 6. The molecule has 0 heterocycles. The van der Waals surface area contributed by atoms with Gasteiger partial charge in [-0.1, -0.05) is 30.3 Å². The molecule has 4 nitrogen and oxygen atoms in total. The minimum atomic E-state index is -0.794. The average Bonchev–Trinajstić information content (AvgIpc) is 2.45. The Labute approximate surface area is 117 Å². The SMILES string of the molecule is O=C(O)CCc1cccc(NCc2ccccc2O)c1. The third kappa shape index (κ3) is 4.02. The maximum atomic E-state index is 10.6. The number of anilines is 1. The number of hydrogen-bond acceptors (Lipinski definition) is 3. The van der Waals surface area contributed by atoms with E-state index in [0.717, 1.165) is 16.8 Å². The van der Waals surface area contributed by atoms with Crippen LogP contribution in [0.5, 0.6) is 5.75 Å².